The summed E-state index contributed by atoms with van der Waals surface area (Å²) >= 11 is 12.1. The second-order valence-electron chi connectivity index (χ2n) is 5.80. The lowest BCUT2D eigenvalue weighted by molar-refractivity contribution is 0.0940. The molecular formula is C21H17Cl2NO2. The van der Waals surface area contributed by atoms with Crippen molar-refractivity contribution in [2.75, 3.05) is 0 Å². The van der Waals surface area contributed by atoms with E-state index < -0.39 is 0 Å². The van der Waals surface area contributed by atoms with Crippen LogP contribution in [0.3, 0.4) is 0 Å². The van der Waals surface area contributed by atoms with Gasteiger partial charge in [0, 0.05) is 15.6 Å². The maximum Gasteiger partial charge on any atom is 0.251 e. The predicted molar refractivity (Wildman–Crippen MR) is 105 cm³/mol. The lowest BCUT2D eigenvalue weighted by atomic mass is 10.1. The van der Waals surface area contributed by atoms with Crippen molar-refractivity contribution >= 4 is 29.1 Å². The Kier molecular flexibility index (Phi) is 5.82. The molecule has 0 spiro atoms. The van der Waals surface area contributed by atoms with Gasteiger partial charge in [0.25, 0.3) is 5.91 Å². The number of rotatable bonds is 5. The van der Waals surface area contributed by atoms with Crippen LogP contribution < -0.4 is 10.1 Å². The highest BCUT2D eigenvalue weighted by molar-refractivity contribution is 6.35. The van der Waals surface area contributed by atoms with Crippen molar-refractivity contribution in [3.63, 3.8) is 0 Å². The third-order valence-electron chi connectivity index (χ3n) is 3.87. The van der Waals surface area contributed by atoms with Gasteiger partial charge in [0.15, 0.2) is 0 Å². The molecule has 0 unspecified atom stereocenters. The molecule has 1 atom stereocenters. The Labute approximate surface area is 162 Å². The Morgan fingerprint density at radius 3 is 2.23 bits per heavy atom. The summed E-state index contributed by atoms with van der Waals surface area (Å²) in [5, 5.41) is 4.02. The van der Waals surface area contributed by atoms with E-state index >= 15 is 0 Å². The number of hydrogen-bond acceptors (Lipinski definition) is 2. The lowest BCUT2D eigenvalue weighted by Crippen LogP contribution is -2.26. The average Bonchev–Trinajstić information content (AvgIpc) is 2.63. The zero-order valence-electron chi connectivity index (χ0n) is 14.1. The van der Waals surface area contributed by atoms with Gasteiger partial charge < -0.3 is 10.1 Å². The molecule has 0 heterocycles. The molecule has 1 amide bonds. The minimum absolute atomic E-state index is 0.185. The summed E-state index contributed by atoms with van der Waals surface area (Å²) in [6.45, 7) is 1.87. The second kappa shape index (κ2) is 8.26. The number of para-hydroxylation sites is 1. The Bertz CT molecular complexity index is 896. The molecule has 0 saturated carbocycles. The summed E-state index contributed by atoms with van der Waals surface area (Å²) in [6, 6.07) is 21.4. The Morgan fingerprint density at radius 2 is 1.58 bits per heavy atom. The van der Waals surface area contributed by atoms with Crippen molar-refractivity contribution in [1.29, 1.82) is 0 Å². The quantitative estimate of drug-likeness (QED) is 0.561. The second-order valence-corrected chi connectivity index (χ2v) is 6.64. The van der Waals surface area contributed by atoms with Gasteiger partial charge in [-0.15, -0.1) is 0 Å². The first-order valence-corrected chi connectivity index (χ1v) is 8.87. The van der Waals surface area contributed by atoms with Crippen LogP contribution in [0, 0.1) is 0 Å². The number of carbonyl (C=O) groups excluding carboxylic acids is 1. The fourth-order valence-corrected chi connectivity index (χ4v) is 3.08. The maximum atomic E-state index is 12.5. The highest BCUT2D eigenvalue weighted by Crippen LogP contribution is 2.26. The Hall–Kier alpha value is -2.49. The van der Waals surface area contributed by atoms with Crippen molar-refractivity contribution in [3.05, 3.63) is 94.0 Å². The molecule has 132 valence electrons. The van der Waals surface area contributed by atoms with Crippen LogP contribution in [-0.4, -0.2) is 5.91 Å². The van der Waals surface area contributed by atoms with E-state index in [-0.39, 0.29) is 11.9 Å². The molecule has 0 bridgehead atoms. The van der Waals surface area contributed by atoms with Gasteiger partial charge in [0.05, 0.1) is 6.04 Å². The van der Waals surface area contributed by atoms with Crippen LogP contribution in [0.4, 0.5) is 0 Å². The van der Waals surface area contributed by atoms with E-state index in [4.69, 9.17) is 27.9 Å². The fraction of sp³-hybridized carbons (Fsp3) is 0.0952. The van der Waals surface area contributed by atoms with Crippen LogP contribution in [0.2, 0.25) is 10.0 Å². The summed E-state index contributed by atoms with van der Waals surface area (Å²) in [5.41, 5.74) is 1.36. The van der Waals surface area contributed by atoms with Gasteiger partial charge in [-0.2, -0.15) is 0 Å². The number of nitrogens with one attached hydrogen (secondary N) is 1. The van der Waals surface area contributed by atoms with Crippen LogP contribution in [0.25, 0.3) is 0 Å². The highest BCUT2D eigenvalue weighted by Gasteiger charge is 2.14. The molecule has 3 aromatic rings. The van der Waals surface area contributed by atoms with Crippen molar-refractivity contribution < 1.29 is 9.53 Å². The molecule has 5 heteroatoms. The summed E-state index contributed by atoms with van der Waals surface area (Å²) < 4.78 is 5.73. The van der Waals surface area contributed by atoms with Gasteiger partial charge in [-0.3, -0.25) is 4.79 Å². The van der Waals surface area contributed by atoms with Gasteiger partial charge in [-0.25, -0.2) is 0 Å². The van der Waals surface area contributed by atoms with Crippen molar-refractivity contribution in [2.24, 2.45) is 0 Å². The third kappa shape index (κ3) is 4.57. The largest absolute Gasteiger partial charge is 0.457 e. The first-order valence-electron chi connectivity index (χ1n) is 8.12. The molecular weight excluding hydrogens is 369 g/mol. The predicted octanol–water partition coefficient (Wildman–Crippen LogP) is 6.28. The van der Waals surface area contributed by atoms with E-state index in [9.17, 15) is 4.79 Å². The number of ether oxygens (including phenoxy) is 1. The lowest BCUT2D eigenvalue weighted by Gasteiger charge is -2.16. The molecule has 3 rings (SSSR count). The van der Waals surface area contributed by atoms with Gasteiger partial charge in [0.2, 0.25) is 0 Å². The zero-order chi connectivity index (χ0) is 18.5. The summed E-state index contributed by atoms with van der Waals surface area (Å²) in [5.74, 6) is 1.23. The molecule has 0 aliphatic heterocycles. The standard InChI is InChI=1S/C21H17Cl2NO2/c1-14(19-12-9-16(22)13-20(19)23)24-21(25)15-7-10-18(11-8-15)26-17-5-3-2-4-6-17/h2-14H,1H3,(H,24,25)/t14-/m0/s1. The smallest absolute Gasteiger partial charge is 0.251 e. The van der Waals surface area contributed by atoms with Crippen molar-refractivity contribution in [1.82, 2.24) is 5.32 Å². The molecule has 0 aromatic heterocycles. The molecule has 0 aliphatic carbocycles. The van der Waals surface area contributed by atoms with E-state index in [1.807, 2.05) is 43.3 Å². The molecule has 1 N–H and O–H groups in total. The number of hydrogen-bond donors (Lipinski definition) is 1. The summed E-state index contributed by atoms with van der Waals surface area (Å²) in [7, 11) is 0. The fourth-order valence-electron chi connectivity index (χ4n) is 2.51. The van der Waals surface area contributed by atoms with Crippen LogP contribution in [0.5, 0.6) is 11.5 Å². The SMILES string of the molecule is C[C@H](NC(=O)c1ccc(Oc2ccccc2)cc1)c1ccc(Cl)cc1Cl. The van der Waals surface area contributed by atoms with Crippen LogP contribution >= 0.6 is 23.2 Å². The number of benzene rings is 3. The first-order chi connectivity index (χ1) is 12.5. The van der Waals surface area contributed by atoms with Gasteiger partial charge in [-0.1, -0.05) is 47.5 Å². The van der Waals surface area contributed by atoms with Crippen LogP contribution in [-0.2, 0) is 0 Å². The number of amides is 1. The Balaban J connectivity index is 1.66. The van der Waals surface area contributed by atoms with Crippen molar-refractivity contribution in [3.8, 4) is 11.5 Å². The van der Waals surface area contributed by atoms with Crippen molar-refractivity contribution in [2.45, 2.75) is 13.0 Å². The van der Waals surface area contributed by atoms with E-state index in [2.05, 4.69) is 5.32 Å². The van der Waals surface area contributed by atoms with E-state index in [0.717, 1.165) is 11.3 Å². The van der Waals surface area contributed by atoms with Crippen LogP contribution in [0.1, 0.15) is 28.9 Å². The van der Waals surface area contributed by atoms with Gasteiger partial charge in [-0.05, 0) is 61.0 Å². The molecule has 26 heavy (non-hydrogen) atoms. The molecule has 0 fully saturated rings. The molecule has 3 aromatic carbocycles. The zero-order valence-corrected chi connectivity index (χ0v) is 15.6. The minimum atomic E-state index is -0.243. The van der Waals surface area contributed by atoms with Crippen LogP contribution in [0.15, 0.2) is 72.8 Å². The monoisotopic (exact) mass is 385 g/mol. The molecule has 3 nitrogen and oxygen atoms in total. The average molecular weight is 386 g/mol. The van der Waals surface area contributed by atoms with E-state index in [0.29, 0.717) is 21.4 Å². The third-order valence-corrected chi connectivity index (χ3v) is 4.43. The number of halogens is 2. The molecule has 0 saturated heterocycles. The summed E-state index contributed by atoms with van der Waals surface area (Å²) in [6.07, 6.45) is 0. The topological polar surface area (TPSA) is 38.3 Å². The van der Waals surface area contributed by atoms with E-state index in [1.165, 1.54) is 0 Å². The van der Waals surface area contributed by atoms with Gasteiger partial charge in [0.1, 0.15) is 11.5 Å². The molecule has 0 radical (unpaired) electrons. The summed E-state index contributed by atoms with van der Waals surface area (Å²) in [4.78, 5) is 12.5. The maximum absolute atomic E-state index is 12.5. The van der Waals surface area contributed by atoms with E-state index in [1.54, 1.807) is 36.4 Å². The van der Waals surface area contributed by atoms with Gasteiger partial charge >= 0.3 is 0 Å². The Morgan fingerprint density at radius 1 is 0.923 bits per heavy atom. The molecule has 0 aliphatic rings. The minimum Gasteiger partial charge on any atom is -0.457 e. The normalized spacial score (nSPS) is 11.7. The first kappa shape index (κ1) is 18.3. The number of carbonyl (C=O) groups is 1. The highest BCUT2D eigenvalue weighted by atomic mass is 35.5.